The van der Waals surface area contributed by atoms with Gasteiger partial charge in [-0.05, 0) is 43.4 Å². The molecule has 0 aromatic rings. The van der Waals surface area contributed by atoms with Crippen molar-refractivity contribution in [1.82, 2.24) is 4.90 Å². The van der Waals surface area contributed by atoms with E-state index in [1.807, 2.05) is 6.92 Å². The first-order chi connectivity index (χ1) is 13.0. The molecule has 1 nitrogen and oxygen atoms in total. The van der Waals surface area contributed by atoms with E-state index in [1.54, 1.807) is 0 Å². The van der Waals surface area contributed by atoms with Crippen LogP contribution in [0.1, 0.15) is 115 Å². The molecule has 1 aliphatic rings. The lowest BCUT2D eigenvalue weighted by molar-refractivity contribution is 0.214. The average Bonchev–Trinajstić information content (AvgIpc) is 2.67. The van der Waals surface area contributed by atoms with Crippen LogP contribution in [0.2, 0.25) is 0 Å². The molecular weight excluding hydrogens is 338 g/mol. The predicted molar refractivity (Wildman–Crippen MR) is 134 cm³/mol. The lowest BCUT2D eigenvalue weighted by Gasteiger charge is -2.35. The number of rotatable bonds is 6. The molecule has 0 aromatic heterocycles. The normalized spacial score (nSPS) is 15.8. The summed E-state index contributed by atoms with van der Waals surface area (Å²) >= 11 is 0. The lowest BCUT2D eigenvalue weighted by Crippen LogP contribution is -2.34. The minimum absolute atomic E-state index is 0.607. The second-order valence-corrected chi connectivity index (χ2v) is 9.26. The topological polar surface area (TPSA) is 3.24 Å². The molecule has 170 valence electrons. The highest BCUT2D eigenvalue weighted by molar-refractivity contribution is 4.98. The van der Waals surface area contributed by atoms with Crippen molar-refractivity contribution in [2.45, 2.75) is 115 Å². The highest BCUT2D eigenvalue weighted by Gasteiger charge is 2.18. The van der Waals surface area contributed by atoms with Crippen molar-refractivity contribution in [2.75, 3.05) is 13.1 Å². The maximum Gasteiger partial charge on any atom is 0.0200 e. The number of likely N-dealkylation sites (tertiary alicyclic amines) is 1. The van der Waals surface area contributed by atoms with Crippen molar-refractivity contribution in [2.24, 2.45) is 23.7 Å². The average molecular weight is 396 g/mol. The van der Waals surface area contributed by atoms with Crippen LogP contribution in [0.5, 0.6) is 0 Å². The van der Waals surface area contributed by atoms with Crippen LogP contribution in [0.3, 0.4) is 0 Å². The van der Waals surface area contributed by atoms with Gasteiger partial charge in [-0.3, -0.25) is 0 Å². The molecule has 0 N–H and O–H groups in total. The molecule has 0 aromatic carbocycles. The van der Waals surface area contributed by atoms with Crippen LogP contribution in [0.25, 0.3) is 0 Å². The van der Waals surface area contributed by atoms with Gasteiger partial charge in [0, 0.05) is 18.8 Å². The zero-order chi connectivity index (χ0) is 22.7. The van der Waals surface area contributed by atoms with E-state index in [1.165, 1.54) is 62.9 Å². The van der Waals surface area contributed by atoms with E-state index in [0.29, 0.717) is 11.8 Å². The van der Waals surface area contributed by atoms with E-state index in [2.05, 4.69) is 87.3 Å². The Morgan fingerprint density at radius 2 is 1.32 bits per heavy atom. The van der Waals surface area contributed by atoms with Crippen LogP contribution in [0.15, 0.2) is 24.4 Å². The summed E-state index contributed by atoms with van der Waals surface area (Å²) in [6.45, 7) is 34.5. The zero-order valence-electron chi connectivity index (χ0n) is 21.8. The molecule has 1 atom stereocenters. The van der Waals surface area contributed by atoms with Crippen molar-refractivity contribution in [3.8, 4) is 0 Å². The highest BCUT2D eigenvalue weighted by atomic mass is 15.1. The Kier molecular flexibility index (Phi) is 24.0. The molecule has 1 fully saturated rings. The van der Waals surface area contributed by atoms with E-state index in [9.17, 15) is 0 Å². The van der Waals surface area contributed by atoms with Gasteiger partial charge in [0.2, 0.25) is 0 Å². The third kappa shape index (κ3) is 21.6. The monoisotopic (exact) mass is 395 g/mol. The quantitative estimate of drug-likeness (QED) is 0.405. The summed E-state index contributed by atoms with van der Waals surface area (Å²) in [6.07, 6.45) is 8.03. The summed E-state index contributed by atoms with van der Waals surface area (Å²) in [6, 6.07) is 0. The maximum absolute atomic E-state index is 4.14. The molecule has 0 saturated carbocycles. The largest absolute Gasteiger partial charge is 0.375 e. The third-order valence-corrected chi connectivity index (χ3v) is 5.61. The van der Waals surface area contributed by atoms with Crippen LogP contribution in [-0.4, -0.2) is 18.0 Å². The molecule has 1 aliphatic heterocycles. The van der Waals surface area contributed by atoms with Crippen LogP contribution in [0.4, 0.5) is 0 Å². The zero-order valence-corrected chi connectivity index (χ0v) is 21.8. The summed E-state index contributed by atoms with van der Waals surface area (Å²) in [7, 11) is 0. The first-order valence-electron chi connectivity index (χ1n) is 12.1. The van der Waals surface area contributed by atoms with Gasteiger partial charge in [-0.1, -0.05) is 114 Å². The number of piperidine rings is 1. The van der Waals surface area contributed by atoms with Crippen molar-refractivity contribution >= 4 is 0 Å². The van der Waals surface area contributed by atoms with E-state index < -0.39 is 0 Å². The van der Waals surface area contributed by atoms with E-state index in [-0.39, 0.29) is 0 Å². The summed E-state index contributed by atoms with van der Waals surface area (Å²) in [5.74, 6) is 3.06. The Morgan fingerprint density at radius 3 is 1.54 bits per heavy atom. The molecule has 0 aliphatic carbocycles. The minimum atomic E-state index is 0.607. The number of nitrogens with zero attached hydrogens (tertiary/aromatic N) is 1. The van der Waals surface area contributed by atoms with Gasteiger partial charge < -0.3 is 4.90 Å². The number of allylic oxidation sites excluding steroid dienone is 2. The van der Waals surface area contributed by atoms with Gasteiger partial charge in [0.1, 0.15) is 0 Å². The first-order valence-corrected chi connectivity index (χ1v) is 12.1. The fourth-order valence-corrected chi connectivity index (χ4v) is 2.10. The fourth-order valence-electron chi connectivity index (χ4n) is 2.10. The molecule has 1 heteroatoms. The Bertz CT molecular complexity index is 347. The minimum Gasteiger partial charge on any atom is -0.375 e. The lowest BCUT2D eigenvalue weighted by atomic mass is 9.98. The molecule has 0 spiro atoms. The number of hydrogen-bond acceptors (Lipinski definition) is 1. The Hall–Kier alpha value is -0.720. The standard InChI is InChI=1S/C11H21N.C6H12.C6H14.C4H10/c1-9(2)11(4)12-7-5-6-10(3)8-12;1-5(2)6(3)4;1-4-6(3)5-2;1-3-4-2/h9-10H,4-8H2,1-3H3;6H,1H2,2-4H3;6H,4-5H2,1-3H3;3-4H2,1-2H3. The van der Waals surface area contributed by atoms with Crippen LogP contribution in [0, 0.1) is 23.7 Å². The number of hydrogen-bond donors (Lipinski definition) is 0. The van der Waals surface area contributed by atoms with Gasteiger partial charge in [0.25, 0.3) is 0 Å². The summed E-state index contributed by atoms with van der Waals surface area (Å²) < 4.78 is 0. The summed E-state index contributed by atoms with van der Waals surface area (Å²) in [5.41, 5.74) is 2.58. The molecule has 28 heavy (non-hydrogen) atoms. The van der Waals surface area contributed by atoms with Crippen molar-refractivity contribution in [1.29, 1.82) is 0 Å². The van der Waals surface area contributed by atoms with E-state index >= 15 is 0 Å². The molecule has 1 saturated heterocycles. The molecule has 0 bridgehead atoms. The molecule has 1 heterocycles. The van der Waals surface area contributed by atoms with Gasteiger partial charge >= 0.3 is 0 Å². The molecule has 1 rings (SSSR count). The van der Waals surface area contributed by atoms with Crippen LogP contribution in [-0.2, 0) is 0 Å². The maximum atomic E-state index is 4.14. The SMILES string of the molecule is C=C(C(C)C)N1CCCC(C)C1.C=C(C)C(C)C.CCC(C)CC.CCCC. The van der Waals surface area contributed by atoms with E-state index in [4.69, 9.17) is 0 Å². The second-order valence-electron chi connectivity index (χ2n) is 9.26. The van der Waals surface area contributed by atoms with Gasteiger partial charge in [0.05, 0.1) is 0 Å². The fraction of sp³-hybridized carbons (Fsp3) is 0.852. The van der Waals surface area contributed by atoms with Gasteiger partial charge in [-0.2, -0.15) is 0 Å². The smallest absolute Gasteiger partial charge is 0.0200 e. The molecule has 0 radical (unpaired) electrons. The van der Waals surface area contributed by atoms with Gasteiger partial charge in [-0.25, -0.2) is 0 Å². The highest BCUT2D eigenvalue weighted by Crippen LogP contribution is 2.22. The Labute approximate surface area is 181 Å². The van der Waals surface area contributed by atoms with Crippen molar-refractivity contribution < 1.29 is 0 Å². The molecule has 0 amide bonds. The number of unbranched alkanes of at least 4 members (excludes halogenated alkanes) is 1. The first kappa shape index (κ1) is 32.0. The Morgan fingerprint density at radius 1 is 0.893 bits per heavy atom. The van der Waals surface area contributed by atoms with E-state index in [0.717, 1.165) is 11.8 Å². The predicted octanol–water partition coefficient (Wildman–Crippen LogP) is 9.36. The van der Waals surface area contributed by atoms with Crippen LogP contribution >= 0.6 is 0 Å². The van der Waals surface area contributed by atoms with Crippen LogP contribution < -0.4 is 0 Å². The van der Waals surface area contributed by atoms with Gasteiger partial charge in [-0.15, -0.1) is 0 Å². The van der Waals surface area contributed by atoms with Gasteiger partial charge in [0.15, 0.2) is 0 Å². The van der Waals surface area contributed by atoms with Crippen molar-refractivity contribution in [3.05, 3.63) is 24.4 Å². The summed E-state index contributed by atoms with van der Waals surface area (Å²) in [5, 5.41) is 0. The Balaban J connectivity index is -0.000000332. The van der Waals surface area contributed by atoms with Crippen molar-refractivity contribution in [3.63, 3.8) is 0 Å². The molecule has 1 unspecified atom stereocenters. The summed E-state index contributed by atoms with van der Waals surface area (Å²) in [4.78, 5) is 2.46. The molecular formula is C27H57N. The second kappa shape index (κ2) is 21.0. The third-order valence-electron chi connectivity index (χ3n) is 5.61.